The largest absolute Gasteiger partial charge is 0.341 e. The molecule has 1 saturated heterocycles. The number of benzene rings is 1. The molecule has 7 nitrogen and oxygen atoms in total. The summed E-state index contributed by atoms with van der Waals surface area (Å²) in [4.78, 5) is 44.2. The van der Waals surface area contributed by atoms with Crippen LogP contribution < -0.4 is 10.6 Å². The maximum absolute atomic E-state index is 13.0. The second-order valence-corrected chi connectivity index (χ2v) is 9.86. The summed E-state index contributed by atoms with van der Waals surface area (Å²) in [6, 6.07) is 10.4. The summed E-state index contributed by atoms with van der Waals surface area (Å²) in [5.74, 6) is -0.404. The molecule has 0 saturated carbocycles. The summed E-state index contributed by atoms with van der Waals surface area (Å²) >= 11 is 0. The number of hydrogen-bond donors (Lipinski definition) is 2. The van der Waals surface area contributed by atoms with E-state index >= 15 is 0 Å². The Hall–Kier alpha value is -3.22. The summed E-state index contributed by atoms with van der Waals surface area (Å²) in [7, 11) is 0. The molecular formula is C26H34N4O3. The van der Waals surface area contributed by atoms with Crippen LogP contribution in [0.25, 0.3) is 0 Å². The topological polar surface area (TPSA) is 91.4 Å². The Morgan fingerprint density at radius 3 is 2.39 bits per heavy atom. The SMILES string of the molecule is Cc1ccc(NC(=O)C2CCCN(C(=O)C(C)NC(=O)c3ccc(C(C)(C)C)cc3)C2)nc1. The van der Waals surface area contributed by atoms with E-state index in [0.717, 1.165) is 17.5 Å². The van der Waals surface area contributed by atoms with Crippen LogP contribution in [0.4, 0.5) is 5.82 Å². The number of hydrogen-bond acceptors (Lipinski definition) is 4. The van der Waals surface area contributed by atoms with Gasteiger partial charge in [0.2, 0.25) is 11.8 Å². The highest BCUT2D eigenvalue weighted by atomic mass is 16.2. The average molecular weight is 451 g/mol. The molecule has 3 amide bonds. The lowest BCUT2D eigenvalue weighted by molar-refractivity contribution is -0.136. The predicted octanol–water partition coefficient (Wildman–Crippen LogP) is 3.68. The highest BCUT2D eigenvalue weighted by molar-refractivity contribution is 5.97. The van der Waals surface area contributed by atoms with E-state index in [4.69, 9.17) is 0 Å². The van der Waals surface area contributed by atoms with Gasteiger partial charge in [0, 0.05) is 24.8 Å². The van der Waals surface area contributed by atoms with Gasteiger partial charge in [-0.05, 0) is 61.4 Å². The van der Waals surface area contributed by atoms with Gasteiger partial charge in [0.05, 0.1) is 5.92 Å². The minimum Gasteiger partial charge on any atom is -0.341 e. The fourth-order valence-corrected chi connectivity index (χ4v) is 3.90. The van der Waals surface area contributed by atoms with Crippen molar-refractivity contribution in [3.8, 4) is 0 Å². The van der Waals surface area contributed by atoms with E-state index in [9.17, 15) is 14.4 Å². The van der Waals surface area contributed by atoms with Crippen molar-refractivity contribution >= 4 is 23.5 Å². The first-order chi connectivity index (χ1) is 15.5. The van der Waals surface area contributed by atoms with Crippen molar-refractivity contribution < 1.29 is 14.4 Å². The minimum atomic E-state index is -0.680. The van der Waals surface area contributed by atoms with E-state index < -0.39 is 6.04 Å². The molecule has 3 rings (SSSR count). The summed E-state index contributed by atoms with van der Waals surface area (Å²) in [5.41, 5.74) is 2.68. The first kappa shape index (κ1) is 24.4. The molecule has 1 aliphatic heterocycles. The molecule has 1 aliphatic rings. The van der Waals surface area contributed by atoms with Crippen LogP contribution in [0.5, 0.6) is 0 Å². The number of amides is 3. The van der Waals surface area contributed by atoms with Gasteiger partial charge in [-0.25, -0.2) is 4.98 Å². The van der Waals surface area contributed by atoms with Crippen LogP contribution in [0, 0.1) is 12.8 Å². The standard InChI is InChI=1S/C26H34N4O3/c1-17-8-13-22(27-15-17)29-24(32)20-7-6-14-30(16-20)25(33)18(2)28-23(31)19-9-11-21(12-10-19)26(3,4)5/h8-13,15,18,20H,6-7,14,16H2,1-5H3,(H,28,31)(H,27,29,32). The third kappa shape index (κ3) is 6.40. The zero-order valence-corrected chi connectivity index (χ0v) is 20.1. The molecule has 0 aliphatic carbocycles. The normalized spacial score (nSPS) is 17.2. The zero-order chi connectivity index (χ0) is 24.2. The van der Waals surface area contributed by atoms with E-state index in [-0.39, 0.29) is 29.1 Å². The fraction of sp³-hybridized carbons (Fsp3) is 0.462. The Kier molecular flexibility index (Phi) is 7.51. The summed E-state index contributed by atoms with van der Waals surface area (Å²) in [6.45, 7) is 10.9. The lowest BCUT2D eigenvalue weighted by Crippen LogP contribution is -2.51. The summed E-state index contributed by atoms with van der Waals surface area (Å²) in [6.07, 6.45) is 3.15. The third-order valence-electron chi connectivity index (χ3n) is 6.00. The Balaban J connectivity index is 1.56. The Morgan fingerprint density at radius 1 is 1.09 bits per heavy atom. The van der Waals surface area contributed by atoms with Gasteiger partial charge in [0.1, 0.15) is 11.9 Å². The predicted molar refractivity (Wildman–Crippen MR) is 129 cm³/mol. The highest BCUT2D eigenvalue weighted by Crippen LogP contribution is 2.22. The van der Waals surface area contributed by atoms with Crippen molar-refractivity contribution in [1.29, 1.82) is 0 Å². The van der Waals surface area contributed by atoms with E-state index in [1.807, 2.05) is 25.1 Å². The van der Waals surface area contributed by atoms with Gasteiger partial charge in [0.15, 0.2) is 0 Å². The quantitative estimate of drug-likeness (QED) is 0.727. The van der Waals surface area contributed by atoms with Crippen molar-refractivity contribution in [2.75, 3.05) is 18.4 Å². The summed E-state index contributed by atoms with van der Waals surface area (Å²) in [5, 5.41) is 5.64. The molecule has 7 heteroatoms. The van der Waals surface area contributed by atoms with Gasteiger partial charge >= 0.3 is 0 Å². The number of nitrogens with zero attached hydrogens (tertiary/aromatic N) is 2. The molecule has 0 bridgehead atoms. The number of likely N-dealkylation sites (tertiary alicyclic amines) is 1. The third-order valence-corrected chi connectivity index (χ3v) is 6.00. The van der Waals surface area contributed by atoms with Crippen LogP contribution in [0.1, 0.15) is 62.0 Å². The second kappa shape index (κ2) is 10.1. The smallest absolute Gasteiger partial charge is 0.251 e. The maximum Gasteiger partial charge on any atom is 0.251 e. The van der Waals surface area contributed by atoms with Crippen molar-refractivity contribution in [2.45, 2.75) is 58.9 Å². The average Bonchev–Trinajstić information content (AvgIpc) is 2.79. The molecule has 176 valence electrons. The fourth-order valence-electron chi connectivity index (χ4n) is 3.90. The number of rotatable bonds is 5. The zero-order valence-electron chi connectivity index (χ0n) is 20.1. The number of pyridine rings is 1. The first-order valence-corrected chi connectivity index (χ1v) is 11.5. The van der Waals surface area contributed by atoms with Crippen molar-refractivity contribution in [3.05, 3.63) is 59.3 Å². The van der Waals surface area contributed by atoms with Gasteiger partial charge in [-0.3, -0.25) is 14.4 Å². The molecule has 2 unspecified atom stereocenters. The first-order valence-electron chi connectivity index (χ1n) is 11.5. The lowest BCUT2D eigenvalue weighted by Gasteiger charge is -2.33. The second-order valence-electron chi connectivity index (χ2n) is 9.86. The van der Waals surface area contributed by atoms with Crippen LogP contribution in [0.3, 0.4) is 0 Å². The number of carbonyl (C=O) groups is 3. The van der Waals surface area contributed by atoms with E-state index in [1.54, 1.807) is 36.2 Å². The van der Waals surface area contributed by atoms with E-state index in [2.05, 4.69) is 36.4 Å². The molecule has 33 heavy (non-hydrogen) atoms. The van der Waals surface area contributed by atoms with Crippen LogP contribution in [-0.2, 0) is 15.0 Å². The van der Waals surface area contributed by atoms with Crippen LogP contribution in [0.15, 0.2) is 42.6 Å². The number of nitrogens with one attached hydrogen (secondary N) is 2. The van der Waals surface area contributed by atoms with Crippen molar-refractivity contribution in [1.82, 2.24) is 15.2 Å². The Labute approximate surface area is 196 Å². The number of aryl methyl sites for hydroxylation is 1. The van der Waals surface area contributed by atoms with Crippen molar-refractivity contribution in [3.63, 3.8) is 0 Å². The molecule has 1 aromatic carbocycles. The lowest BCUT2D eigenvalue weighted by atomic mass is 9.86. The van der Waals surface area contributed by atoms with Gasteiger partial charge in [-0.1, -0.05) is 39.0 Å². The molecule has 1 aromatic heterocycles. The van der Waals surface area contributed by atoms with Gasteiger partial charge in [-0.15, -0.1) is 0 Å². The number of piperidine rings is 1. The highest BCUT2D eigenvalue weighted by Gasteiger charge is 2.31. The van der Waals surface area contributed by atoms with Crippen LogP contribution >= 0.6 is 0 Å². The van der Waals surface area contributed by atoms with Gasteiger partial charge in [0.25, 0.3) is 5.91 Å². The molecule has 2 aromatic rings. The molecular weight excluding hydrogens is 416 g/mol. The molecule has 0 spiro atoms. The molecule has 1 fully saturated rings. The van der Waals surface area contributed by atoms with E-state index in [1.165, 1.54) is 0 Å². The molecule has 0 radical (unpaired) electrons. The molecule has 2 N–H and O–H groups in total. The number of anilines is 1. The van der Waals surface area contributed by atoms with Crippen LogP contribution in [-0.4, -0.2) is 46.7 Å². The minimum absolute atomic E-state index is 0.00484. The Morgan fingerprint density at radius 2 is 1.79 bits per heavy atom. The number of aromatic nitrogens is 1. The van der Waals surface area contributed by atoms with Crippen molar-refractivity contribution in [2.24, 2.45) is 5.92 Å². The van der Waals surface area contributed by atoms with Crippen LogP contribution in [0.2, 0.25) is 0 Å². The van der Waals surface area contributed by atoms with Gasteiger partial charge < -0.3 is 15.5 Å². The monoisotopic (exact) mass is 450 g/mol. The van der Waals surface area contributed by atoms with Gasteiger partial charge in [-0.2, -0.15) is 0 Å². The molecule has 2 heterocycles. The number of carbonyl (C=O) groups excluding carboxylic acids is 3. The summed E-state index contributed by atoms with van der Waals surface area (Å²) < 4.78 is 0. The van der Waals surface area contributed by atoms with E-state index in [0.29, 0.717) is 30.9 Å². The Bertz CT molecular complexity index is 994. The maximum atomic E-state index is 13.0. The molecule has 2 atom stereocenters.